The van der Waals surface area contributed by atoms with Gasteiger partial charge in [0, 0.05) is 4.90 Å². The zero-order chi connectivity index (χ0) is 12.4. The van der Waals surface area contributed by atoms with Gasteiger partial charge in [-0.1, -0.05) is 17.7 Å². The molecule has 3 nitrogen and oxygen atoms in total. The number of aliphatic hydroxyl groups excluding tert-OH is 1. The van der Waals surface area contributed by atoms with E-state index in [1.807, 2.05) is 39.0 Å². The molecule has 0 fully saturated rings. The van der Waals surface area contributed by atoms with Crippen LogP contribution in [0.3, 0.4) is 0 Å². The highest BCUT2D eigenvalue weighted by Crippen LogP contribution is 2.31. The molecule has 1 heterocycles. The Balaban J connectivity index is 2.29. The van der Waals surface area contributed by atoms with Crippen molar-refractivity contribution in [2.24, 2.45) is 0 Å². The Bertz CT molecular complexity index is 515. The predicted molar refractivity (Wildman–Crippen MR) is 67.2 cm³/mol. The molecule has 0 unspecified atom stereocenters. The summed E-state index contributed by atoms with van der Waals surface area (Å²) in [6, 6.07) is 5.98. The summed E-state index contributed by atoms with van der Waals surface area (Å²) < 4.78 is 5.52. The second-order valence-corrected chi connectivity index (χ2v) is 4.99. The Hall–Kier alpha value is -1.26. The number of nitrogens with zero attached hydrogens (tertiary/aromatic N) is 1. The molecular weight excluding hydrogens is 234 g/mol. The first-order valence-electron chi connectivity index (χ1n) is 5.42. The lowest BCUT2D eigenvalue weighted by atomic mass is 10.1. The number of benzene rings is 1. The van der Waals surface area contributed by atoms with E-state index in [0.717, 1.165) is 27.5 Å². The molecule has 90 valence electrons. The van der Waals surface area contributed by atoms with Crippen LogP contribution in [0.2, 0.25) is 0 Å². The Labute approximate surface area is 105 Å². The van der Waals surface area contributed by atoms with E-state index in [1.165, 1.54) is 11.8 Å². The van der Waals surface area contributed by atoms with Gasteiger partial charge >= 0.3 is 0 Å². The van der Waals surface area contributed by atoms with E-state index in [1.54, 1.807) is 0 Å². The Kier molecular flexibility index (Phi) is 3.54. The van der Waals surface area contributed by atoms with Crippen LogP contribution in [0.25, 0.3) is 0 Å². The van der Waals surface area contributed by atoms with Crippen LogP contribution in [0.4, 0.5) is 0 Å². The fraction of sp³-hybridized carbons (Fsp3) is 0.308. The summed E-state index contributed by atoms with van der Waals surface area (Å²) in [5.74, 6) is 0.838. The number of aromatic nitrogens is 1. The third kappa shape index (κ3) is 2.70. The smallest absolute Gasteiger partial charge is 0.261 e. The predicted octanol–water partition coefficient (Wildman–Crippen LogP) is 3.24. The minimum atomic E-state index is 0.0304. The molecule has 2 aromatic rings. The lowest BCUT2D eigenvalue weighted by Gasteiger charge is -2.05. The minimum Gasteiger partial charge on any atom is -0.436 e. The van der Waals surface area contributed by atoms with E-state index in [9.17, 15) is 5.11 Å². The minimum absolute atomic E-state index is 0.0304. The van der Waals surface area contributed by atoms with Gasteiger partial charge in [-0.25, -0.2) is 4.98 Å². The van der Waals surface area contributed by atoms with Gasteiger partial charge in [-0.05, 0) is 44.2 Å². The maximum Gasteiger partial charge on any atom is 0.261 e. The second kappa shape index (κ2) is 4.94. The average molecular weight is 249 g/mol. The van der Waals surface area contributed by atoms with Gasteiger partial charge in [0.1, 0.15) is 5.76 Å². The molecule has 0 aliphatic carbocycles. The fourth-order valence-electron chi connectivity index (χ4n) is 1.51. The summed E-state index contributed by atoms with van der Waals surface area (Å²) in [5.41, 5.74) is 2.95. The molecule has 1 aromatic heterocycles. The zero-order valence-corrected chi connectivity index (χ0v) is 11.0. The van der Waals surface area contributed by atoms with Crippen LogP contribution < -0.4 is 0 Å². The second-order valence-electron chi connectivity index (χ2n) is 3.99. The van der Waals surface area contributed by atoms with Gasteiger partial charge in [0.05, 0.1) is 12.3 Å². The lowest BCUT2D eigenvalue weighted by molar-refractivity contribution is 0.279. The summed E-state index contributed by atoms with van der Waals surface area (Å²) in [6.45, 7) is 5.86. The van der Waals surface area contributed by atoms with Gasteiger partial charge in [0.2, 0.25) is 0 Å². The van der Waals surface area contributed by atoms with Crippen LogP contribution >= 0.6 is 11.8 Å². The van der Waals surface area contributed by atoms with Crippen LogP contribution in [0.5, 0.6) is 0 Å². The highest BCUT2D eigenvalue weighted by molar-refractivity contribution is 7.99. The van der Waals surface area contributed by atoms with Crippen LogP contribution in [0, 0.1) is 20.8 Å². The van der Waals surface area contributed by atoms with Crippen molar-refractivity contribution in [2.75, 3.05) is 0 Å². The molecule has 1 aromatic carbocycles. The third-order valence-electron chi connectivity index (χ3n) is 2.59. The molecule has 17 heavy (non-hydrogen) atoms. The van der Waals surface area contributed by atoms with Crippen LogP contribution in [-0.2, 0) is 6.61 Å². The van der Waals surface area contributed by atoms with E-state index in [-0.39, 0.29) is 6.61 Å². The van der Waals surface area contributed by atoms with E-state index in [4.69, 9.17) is 4.42 Å². The molecule has 0 saturated heterocycles. The molecule has 2 rings (SSSR count). The van der Waals surface area contributed by atoms with Crippen molar-refractivity contribution >= 4 is 11.8 Å². The molecule has 0 saturated carbocycles. The first-order chi connectivity index (χ1) is 8.10. The Morgan fingerprint density at radius 3 is 2.65 bits per heavy atom. The van der Waals surface area contributed by atoms with Gasteiger partial charge in [-0.3, -0.25) is 0 Å². The number of oxazole rings is 1. The summed E-state index contributed by atoms with van der Waals surface area (Å²) in [5, 5.41) is 9.94. The van der Waals surface area contributed by atoms with Gasteiger partial charge < -0.3 is 9.52 Å². The molecule has 0 radical (unpaired) electrons. The van der Waals surface area contributed by atoms with Crippen molar-refractivity contribution in [3.63, 3.8) is 0 Å². The van der Waals surface area contributed by atoms with Gasteiger partial charge in [-0.15, -0.1) is 0 Å². The Morgan fingerprint density at radius 1 is 1.29 bits per heavy atom. The molecule has 0 atom stereocenters. The van der Waals surface area contributed by atoms with Crippen molar-refractivity contribution in [1.29, 1.82) is 0 Å². The molecule has 4 heteroatoms. The zero-order valence-electron chi connectivity index (χ0n) is 10.2. The first kappa shape index (κ1) is 12.2. The van der Waals surface area contributed by atoms with E-state index >= 15 is 0 Å². The van der Waals surface area contributed by atoms with Gasteiger partial charge in [0.25, 0.3) is 5.22 Å². The molecule has 1 N–H and O–H groups in total. The van der Waals surface area contributed by atoms with Crippen molar-refractivity contribution < 1.29 is 9.52 Å². The molecule has 0 bridgehead atoms. The topological polar surface area (TPSA) is 46.3 Å². The number of aliphatic hydroxyl groups is 1. The van der Waals surface area contributed by atoms with Crippen molar-refractivity contribution in [3.05, 3.63) is 40.8 Å². The highest BCUT2D eigenvalue weighted by Gasteiger charge is 2.10. The molecule has 0 spiro atoms. The van der Waals surface area contributed by atoms with E-state index in [0.29, 0.717) is 5.22 Å². The number of rotatable bonds is 3. The summed E-state index contributed by atoms with van der Waals surface area (Å²) in [6.07, 6.45) is 0. The largest absolute Gasteiger partial charge is 0.436 e. The maximum atomic E-state index is 9.32. The number of aryl methyl sites for hydroxylation is 3. The standard InChI is InChI=1S/C13H15NO2S/c1-8-4-5-12(11(6-8)7-15)17-13-14-9(2)10(3)16-13/h4-6,15H,7H2,1-3H3. The third-order valence-corrected chi connectivity index (χ3v) is 3.56. The highest BCUT2D eigenvalue weighted by atomic mass is 32.2. The first-order valence-corrected chi connectivity index (χ1v) is 6.24. The fourth-order valence-corrected chi connectivity index (χ4v) is 2.44. The summed E-state index contributed by atoms with van der Waals surface area (Å²) >= 11 is 1.44. The SMILES string of the molecule is Cc1ccc(Sc2nc(C)c(C)o2)c(CO)c1. The van der Waals surface area contributed by atoms with Crippen molar-refractivity contribution in [3.8, 4) is 0 Å². The Morgan fingerprint density at radius 2 is 2.06 bits per heavy atom. The monoisotopic (exact) mass is 249 g/mol. The van der Waals surface area contributed by atoms with Crippen LogP contribution in [-0.4, -0.2) is 10.1 Å². The van der Waals surface area contributed by atoms with E-state index in [2.05, 4.69) is 4.98 Å². The number of hydrogen-bond acceptors (Lipinski definition) is 4. The molecule has 0 aliphatic heterocycles. The molecule has 0 aliphatic rings. The maximum absolute atomic E-state index is 9.32. The van der Waals surface area contributed by atoms with Crippen LogP contribution in [0.15, 0.2) is 32.7 Å². The quantitative estimate of drug-likeness (QED) is 0.907. The van der Waals surface area contributed by atoms with Crippen molar-refractivity contribution in [1.82, 2.24) is 4.98 Å². The van der Waals surface area contributed by atoms with Gasteiger partial charge in [0.15, 0.2) is 0 Å². The molecule has 0 amide bonds. The normalized spacial score (nSPS) is 10.8. The van der Waals surface area contributed by atoms with E-state index < -0.39 is 0 Å². The summed E-state index contributed by atoms with van der Waals surface area (Å²) in [4.78, 5) is 5.30. The molecular formula is C13H15NO2S. The van der Waals surface area contributed by atoms with Crippen molar-refractivity contribution in [2.45, 2.75) is 37.5 Å². The number of hydrogen-bond donors (Lipinski definition) is 1. The lowest BCUT2D eigenvalue weighted by Crippen LogP contribution is -1.88. The average Bonchev–Trinajstić information content (AvgIpc) is 2.60. The van der Waals surface area contributed by atoms with Gasteiger partial charge in [-0.2, -0.15) is 0 Å². The van der Waals surface area contributed by atoms with Crippen LogP contribution in [0.1, 0.15) is 22.6 Å². The summed E-state index contributed by atoms with van der Waals surface area (Å²) in [7, 11) is 0.